The molecule has 0 aliphatic heterocycles. The third-order valence-corrected chi connectivity index (χ3v) is 4.85. The van der Waals surface area contributed by atoms with Crippen LogP contribution in [0, 0.1) is 5.92 Å². The molecule has 0 fully saturated rings. The summed E-state index contributed by atoms with van der Waals surface area (Å²) >= 11 is 6.15. The Morgan fingerprint density at radius 1 is 1.19 bits per heavy atom. The molecule has 3 rings (SSSR count). The summed E-state index contributed by atoms with van der Waals surface area (Å²) in [6.07, 6.45) is 1.79. The second-order valence-electron chi connectivity index (χ2n) is 8.82. The predicted octanol–water partition coefficient (Wildman–Crippen LogP) is 4.23. The van der Waals surface area contributed by atoms with Crippen LogP contribution in [0.15, 0.2) is 41.3 Å². The van der Waals surface area contributed by atoms with E-state index in [1.807, 2.05) is 52.8 Å². The molecule has 0 saturated heterocycles. The molecule has 8 nitrogen and oxygen atoms in total. The highest BCUT2D eigenvalue weighted by atomic mass is 35.5. The van der Waals surface area contributed by atoms with Crippen LogP contribution in [0.5, 0.6) is 0 Å². The molecule has 0 aliphatic carbocycles. The molecule has 0 amide bonds. The summed E-state index contributed by atoms with van der Waals surface area (Å²) in [5, 5.41) is 3.26. The van der Waals surface area contributed by atoms with Gasteiger partial charge >= 0.3 is 5.97 Å². The number of hydrogen-bond donors (Lipinski definition) is 1. The highest BCUT2D eigenvalue weighted by Crippen LogP contribution is 2.27. The van der Waals surface area contributed by atoms with Crippen molar-refractivity contribution in [3.05, 3.63) is 57.7 Å². The molecule has 0 aliphatic rings. The number of esters is 1. The van der Waals surface area contributed by atoms with Gasteiger partial charge in [-0.2, -0.15) is 0 Å². The number of hydrogen-bond acceptors (Lipinski definition) is 7. The molecule has 0 bridgehead atoms. The van der Waals surface area contributed by atoms with Crippen LogP contribution in [-0.4, -0.2) is 37.6 Å². The van der Waals surface area contributed by atoms with Crippen molar-refractivity contribution >= 4 is 34.6 Å². The fourth-order valence-electron chi connectivity index (χ4n) is 3.43. The van der Waals surface area contributed by atoms with E-state index in [2.05, 4.69) is 20.3 Å². The van der Waals surface area contributed by atoms with Gasteiger partial charge in [0.05, 0.1) is 18.2 Å². The quantitative estimate of drug-likeness (QED) is 0.418. The van der Waals surface area contributed by atoms with Crippen molar-refractivity contribution in [1.82, 2.24) is 19.5 Å². The average molecular weight is 458 g/mol. The lowest BCUT2D eigenvalue weighted by Crippen LogP contribution is -2.33. The third-order valence-electron chi connectivity index (χ3n) is 4.64. The van der Waals surface area contributed by atoms with E-state index in [4.69, 9.17) is 16.3 Å². The number of carbonyl (C=O) groups is 1. The molecule has 9 heteroatoms. The number of halogens is 1. The minimum atomic E-state index is -0.566. The lowest BCUT2D eigenvalue weighted by molar-refractivity contribution is -0.154. The number of aromatic nitrogens is 4. The normalized spacial score (nSPS) is 12.7. The van der Waals surface area contributed by atoms with Crippen LogP contribution in [0.3, 0.4) is 0 Å². The van der Waals surface area contributed by atoms with Crippen LogP contribution in [0.25, 0.3) is 11.2 Å². The number of carbonyl (C=O) groups excluding carboxylic acids is 1. The maximum atomic E-state index is 13.5. The molecule has 1 N–H and O–H groups in total. The van der Waals surface area contributed by atoms with E-state index in [1.165, 1.54) is 0 Å². The van der Waals surface area contributed by atoms with E-state index in [0.717, 1.165) is 5.69 Å². The zero-order valence-corrected chi connectivity index (χ0v) is 19.7. The molecular weight excluding hydrogens is 430 g/mol. The Labute approximate surface area is 192 Å². The van der Waals surface area contributed by atoms with Gasteiger partial charge in [0.1, 0.15) is 16.3 Å². The minimum absolute atomic E-state index is 0.0311. The molecule has 3 heterocycles. The fourth-order valence-corrected chi connectivity index (χ4v) is 3.58. The molecule has 0 radical (unpaired) electrons. The van der Waals surface area contributed by atoms with Crippen LogP contribution in [0.4, 0.5) is 5.82 Å². The number of nitrogens with one attached hydrogen (secondary N) is 1. The molecule has 32 heavy (non-hydrogen) atoms. The standard InChI is InChI=1S/C23H28ClN5O3/c1-14(2)19(15-8-6-7-12-25-15)29-21-16(9-10-17(24)28-21)27-20(22(29)31)26-13-11-18(30)32-23(3,4)5/h6-10,12,14,19H,11,13H2,1-5H3,(H,26,27)/t19-/m0/s1. The number of pyridine rings is 2. The van der Waals surface area contributed by atoms with Gasteiger partial charge in [0.2, 0.25) is 0 Å². The van der Waals surface area contributed by atoms with E-state index in [9.17, 15) is 9.59 Å². The second-order valence-corrected chi connectivity index (χ2v) is 9.21. The SMILES string of the molecule is CC(C)[C@@H](c1ccccn1)n1c(=O)c(NCCC(=O)OC(C)(C)C)nc2ccc(Cl)nc21. The Morgan fingerprint density at radius 2 is 1.94 bits per heavy atom. The number of anilines is 1. The average Bonchev–Trinajstić information content (AvgIpc) is 2.70. The summed E-state index contributed by atoms with van der Waals surface area (Å²) in [6, 6.07) is 8.55. The van der Waals surface area contributed by atoms with Crippen molar-refractivity contribution in [3.63, 3.8) is 0 Å². The Kier molecular flexibility index (Phi) is 7.13. The van der Waals surface area contributed by atoms with Crippen LogP contribution < -0.4 is 10.9 Å². The monoisotopic (exact) mass is 457 g/mol. The molecule has 1 atom stereocenters. The Balaban J connectivity index is 2.03. The van der Waals surface area contributed by atoms with Gasteiger partial charge in [0.25, 0.3) is 5.56 Å². The van der Waals surface area contributed by atoms with Crippen molar-refractivity contribution in [2.24, 2.45) is 5.92 Å². The lowest BCUT2D eigenvalue weighted by Gasteiger charge is -2.25. The number of ether oxygens (including phenoxy) is 1. The largest absolute Gasteiger partial charge is 0.460 e. The zero-order valence-electron chi connectivity index (χ0n) is 18.9. The maximum Gasteiger partial charge on any atom is 0.308 e. The van der Waals surface area contributed by atoms with Gasteiger partial charge in [0, 0.05) is 12.7 Å². The van der Waals surface area contributed by atoms with Gasteiger partial charge in [-0.05, 0) is 51.0 Å². The summed E-state index contributed by atoms with van der Waals surface area (Å²) in [7, 11) is 0. The first-order valence-corrected chi connectivity index (χ1v) is 10.9. The van der Waals surface area contributed by atoms with Crippen molar-refractivity contribution in [1.29, 1.82) is 0 Å². The fraction of sp³-hybridized carbons (Fsp3) is 0.435. The number of nitrogens with zero attached hydrogens (tertiary/aromatic N) is 4. The van der Waals surface area contributed by atoms with Crippen LogP contribution in [-0.2, 0) is 9.53 Å². The van der Waals surface area contributed by atoms with Gasteiger partial charge in [0.15, 0.2) is 11.5 Å². The molecule has 0 unspecified atom stereocenters. The third kappa shape index (κ3) is 5.62. The molecule has 0 saturated carbocycles. The van der Waals surface area contributed by atoms with Crippen molar-refractivity contribution in [3.8, 4) is 0 Å². The van der Waals surface area contributed by atoms with Gasteiger partial charge in [-0.25, -0.2) is 9.97 Å². The van der Waals surface area contributed by atoms with E-state index >= 15 is 0 Å². The van der Waals surface area contributed by atoms with Crippen LogP contribution in [0.2, 0.25) is 5.15 Å². The topological polar surface area (TPSA) is 99.0 Å². The molecular formula is C23H28ClN5O3. The van der Waals surface area contributed by atoms with Gasteiger partial charge in [-0.15, -0.1) is 0 Å². The highest BCUT2D eigenvalue weighted by molar-refractivity contribution is 6.29. The van der Waals surface area contributed by atoms with Gasteiger partial charge in [-0.3, -0.25) is 19.1 Å². The first kappa shape index (κ1) is 23.7. The van der Waals surface area contributed by atoms with E-state index < -0.39 is 5.60 Å². The molecule has 3 aromatic heterocycles. The highest BCUT2D eigenvalue weighted by Gasteiger charge is 2.25. The first-order valence-electron chi connectivity index (χ1n) is 10.5. The molecule has 3 aromatic rings. The lowest BCUT2D eigenvalue weighted by atomic mass is 9.99. The number of fused-ring (bicyclic) bond motifs is 1. The Morgan fingerprint density at radius 3 is 2.56 bits per heavy atom. The summed E-state index contributed by atoms with van der Waals surface area (Å²) in [5.74, 6) is -0.191. The molecule has 0 spiro atoms. The van der Waals surface area contributed by atoms with Crippen molar-refractivity contribution in [2.75, 3.05) is 11.9 Å². The van der Waals surface area contributed by atoms with Crippen molar-refractivity contribution in [2.45, 2.75) is 52.7 Å². The summed E-state index contributed by atoms with van der Waals surface area (Å²) < 4.78 is 6.91. The predicted molar refractivity (Wildman–Crippen MR) is 125 cm³/mol. The zero-order chi connectivity index (χ0) is 23.5. The van der Waals surface area contributed by atoms with E-state index in [0.29, 0.717) is 11.2 Å². The second kappa shape index (κ2) is 9.65. The Hall–Kier alpha value is -3.00. The summed E-state index contributed by atoms with van der Waals surface area (Å²) in [4.78, 5) is 38.9. The van der Waals surface area contributed by atoms with Crippen molar-refractivity contribution < 1.29 is 9.53 Å². The number of rotatable bonds is 7. The molecule has 170 valence electrons. The molecule has 0 aromatic carbocycles. The Bertz CT molecular complexity index is 1160. The maximum absolute atomic E-state index is 13.5. The van der Waals surface area contributed by atoms with E-state index in [-0.39, 0.29) is 47.4 Å². The summed E-state index contributed by atoms with van der Waals surface area (Å²) in [6.45, 7) is 9.66. The van der Waals surface area contributed by atoms with E-state index in [1.54, 1.807) is 22.9 Å². The van der Waals surface area contributed by atoms with Gasteiger partial charge in [-0.1, -0.05) is 31.5 Å². The first-order chi connectivity index (χ1) is 15.1. The van der Waals surface area contributed by atoms with Gasteiger partial charge < -0.3 is 10.1 Å². The minimum Gasteiger partial charge on any atom is -0.460 e. The van der Waals surface area contributed by atoms with Crippen LogP contribution >= 0.6 is 11.6 Å². The smallest absolute Gasteiger partial charge is 0.308 e. The summed E-state index contributed by atoms with van der Waals surface area (Å²) in [5.41, 5.74) is 0.697. The van der Waals surface area contributed by atoms with Crippen LogP contribution in [0.1, 0.15) is 52.8 Å².